The van der Waals surface area contributed by atoms with Crippen molar-refractivity contribution in [2.45, 2.75) is 13.0 Å². The molecule has 0 bridgehead atoms. The molecule has 2 rings (SSSR count). The van der Waals surface area contributed by atoms with Crippen molar-refractivity contribution in [3.8, 4) is 11.5 Å². The third kappa shape index (κ3) is 3.55. The number of hydrogen-bond acceptors (Lipinski definition) is 4. The van der Waals surface area contributed by atoms with E-state index in [0.29, 0.717) is 23.1 Å². The monoisotopic (exact) mass is 300 g/mol. The van der Waals surface area contributed by atoms with Crippen LogP contribution in [0.5, 0.6) is 11.5 Å². The summed E-state index contributed by atoms with van der Waals surface area (Å²) >= 11 is 0. The Balaban J connectivity index is 0.00000200. The molecule has 1 aromatic carbocycles. The van der Waals surface area contributed by atoms with Gasteiger partial charge in [-0.1, -0.05) is 0 Å². The van der Waals surface area contributed by atoms with Crippen molar-refractivity contribution < 1.29 is 14.3 Å². The molecule has 5 nitrogen and oxygen atoms in total. The number of piperazine rings is 1. The Kier molecular flexibility index (Phi) is 6.10. The van der Waals surface area contributed by atoms with Crippen LogP contribution in [0.3, 0.4) is 0 Å². The first-order valence-corrected chi connectivity index (χ1v) is 6.40. The number of hydrogen-bond donors (Lipinski definition) is 1. The molecule has 0 aliphatic carbocycles. The molecule has 1 atom stereocenters. The van der Waals surface area contributed by atoms with Crippen molar-refractivity contribution in [2.75, 3.05) is 33.9 Å². The summed E-state index contributed by atoms with van der Waals surface area (Å²) in [5.41, 5.74) is 0.631. The molecule has 1 saturated heterocycles. The molecule has 1 aromatic rings. The predicted octanol–water partition coefficient (Wildman–Crippen LogP) is 1.56. The van der Waals surface area contributed by atoms with Crippen molar-refractivity contribution in [3.05, 3.63) is 23.8 Å². The molecule has 1 amide bonds. The van der Waals surface area contributed by atoms with Crippen LogP contribution in [0, 0.1) is 0 Å². The molecule has 0 saturated carbocycles. The maximum Gasteiger partial charge on any atom is 0.254 e. The number of ether oxygens (including phenoxy) is 2. The fraction of sp³-hybridized carbons (Fsp3) is 0.500. The average molecular weight is 301 g/mol. The lowest BCUT2D eigenvalue weighted by Gasteiger charge is -2.32. The van der Waals surface area contributed by atoms with Gasteiger partial charge in [-0.05, 0) is 25.1 Å². The summed E-state index contributed by atoms with van der Waals surface area (Å²) in [5, 5.41) is 3.32. The van der Waals surface area contributed by atoms with E-state index in [-0.39, 0.29) is 18.3 Å². The number of halogens is 1. The van der Waals surface area contributed by atoms with E-state index in [9.17, 15) is 4.79 Å². The van der Waals surface area contributed by atoms with Crippen LogP contribution in [0.4, 0.5) is 0 Å². The van der Waals surface area contributed by atoms with Crippen molar-refractivity contribution in [1.29, 1.82) is 0 Å². The second-order valence-corrected chi connectivity index (χ2v) is 4.68. The molecule has 112 valence electrons. The minimum Gasteiger partial charge on any atom is -0.493 e. The summed E-state index contributed by atoms with van der Waals surface area (Å²) in [7, 11) is 3.15. The van der Waals surface area contributed by atoms with Gasteiger partial charge in [-0.2, -0.15) is 0 Å². The average Bonchev–Trinajstić information content (AvgIpc) is 2.45. The molecule has 6 heteroatoms. The third-order valence-corrected chi connectivity index (χ3v) is 3.29. The standard InChI is InChI=1S/C14H20N2O3.ClH/c1-10-9-16(7-6-15-10)14(17)11-4-5-12(18-2)13(8-11)19-3;/h4-5,8,10,15H,6-7,9H2,1-3H3;1H. The van der Waals surface area contributed by atoms with Gasteiger partial charge in [-0.15, -0.1) is 12.4 Å². The van der Waals surface area contributed by atoms with Crippen LogP contribution in [-0.2, 0) is 0 Å². The van der Waals surface area contributed by atoms with Crippen molar-refractivity contribution in [1.82, 2.24) is 10.2 Å². The highest BCUT2D eigenvalue weighted by molar-refractivity contribution is 5.95. The van der Waals surface area contributed by atoms with E-state index in [1.165, 1.54) is 0 Å². The minimum atomic E-state index is 0. The van der Waals surface area contributed by atoms with E-state index in [1.807, 2.05) is 4.90 Å². The zero-order valence-corrected chi connectivity index (χ0v) is 12.8. The van der Waals surface area contributed by atoms with Crippen LogP contribution in [-0.4, -0.2) is 50.7 Å². The van der Waals surface area contributed by atoms with E-state index in [4.69, 9.17) is 9.47 Å². The van der Waals surface area contributed by atoms with Gasteiger partial charge in [-0.25, -0.2) is 0 Å². The SMILES string of the molecule is COc1ccc(C(=O)N2CCNC(C)C2)cc1OC.Cl. The molecular formula is C14H21ClN2O3. The van der Waals surface area contributed by atoms with Crippen LogP contribution >= 0.6 is 12.4 Å². The van der Waals surface area contributed by atoms with Crippen molar-refractivity contribution >= 4 is 18.3 Å². The Morgan fingerprint density at radius 1 is 1.30 bits per heavy atom. The second kappa shape index (κ2) is 7.36. The van der Waals surface area contributed by atoms with Gasteiger partial charge in [0.2, 0.25) is 0 Å². The Labute approximate surface area is 125 Å². The van der Waals surface area contributed by atoms with Gasteiger partial charge in [0.15, 0.2) is 11.5 Å². The maximum absolute atomic E-state index is 12.4. The van der Waals surface area contributed by atoms with E-state index in [2.05, 4.69) is 12.2 Å². The number of amides is 1. The molecule has 0 radical (unpaired) electrons. The summed E-state index contributed by atoms with van der Waals surface area (Å²) in [4.78, 5) is 14.3. The van der Waals surface area contributed by atoms with E-state index >= 15 is 0 Å². The van der Waals surface area contributed by atoms with E-state index < -0.39 is 0 Å². The molecule has 1 aliphatic rings. The summed E-state index contributed by atoms with van der Waals surface area (Å²) in [6.45, 7) is 4.37. The number of carbonyl (C=O) groups excluding carboxylic acids is 1. The number of nitrogens with one attached hydrogen (secondary N) is 1. The lowest BCUT2D eigenvalue weighted by Crippen LogP contribution is -2.51. The quantitative estimate of drug-likeness (QED) is 0.920. The number of carbonyl (C=O) groups is 1. The van der Waals surface area contributed by atoms with Gasteiger partial charge in [0.1, 0.15) is 0 Å². The van der Waals surface area contributed by atoms with Gasteiger partial charge in [-0.3, -0.25) is 4.79 Å². The normalized spacial score (nSPS) is 18.1. The van der Waals surface area contributed by atoms with Crippen LogP contribution < -0.4 is 14.8 Å². The molecule has 1 aliphatic heterocycles. The number of benzene rings is 1. The molecule has 1 N–H and O–H groups in total. The molecule has 0 aromatic heterocycles. The largest absolute Gasteiger partial charge is 0.493 e. The van der Waals surface area contributed by atoms with Crippen LogP contribution in [0.25, 0.3) is 0 Å². The number of rotatable bonds is 3. The van der Waals surface area contributed by atoms with Gasteiger partial charge in [0, 0.05) is 31.2 Å². The van der Waals surface area contributed by atoms with Gasteiger partial charge in [0.05, 0.1) is 14.2 Å². The maximum atomic E-state index is 12.4. The van der Waals surface area contributed by atoms with Crippen molar-refractivity contribution in [2.24, 2.45) is 0 Å². The first kappa shape index (κ1) is 16.6. The molecule has 0 spiro atoms. The van der Waals surface area contributed by atoms with Crippen LogP contribution in [0.1, 0.15) is 17.3 Å². The predicted molar refractivity (Wildman–Crippen MR) is 80.2 cm³/mol. The van der Waals surface area contributed by atoms with Crippen LogP contribution in [0.15, 0.2) is 18.2 Å². The molecule has 1 fully saturated rings. The highest BCUT2D eigenvalue weighted by Crippen LogP contribution is 2.28. The van der Waals surface area contributed by atoms with Gasteiger partial charge in [0.25, 0.3) is 5.91 Å². The molecule has 1 unspecified atom stereocenters. The summed E-state index contributed by atoms with van der Waals surface area (Å²) in [6.07, 6.45) is 0. The summed E-state index contributed by atoms with van der Waals surface area (Å²) in [5.74, 6) is 1.25. The van der Waals surface area contributed by atoms with Gasteiger partial charge >= 0.3 is 0 Å². The molecular weight excluding hydrogens is 280 g/mol. The fourth-order valence-electron chi connectivity index (χ4n) is 2.27. The summed E-state index contributed by atoms with van der Waals surface area (Å²) in [6, 6.07) is 5.60. The smallest absolute Gasteiger partial charge is 0.254 e. The van der Waals surface area contributed by atoms with E-state index in [0.717, 1.165) is 19.6 Å². The number of methoxy groups -OCH3 is 2. The van der Waals surface area contributed by atoms with Crippen molar-refractivity contribution in [3.63, 3.8) is 0 Å². The Morgan fingerprint density at radius 3 is 2.60 bits per heavy atom. The highest BCUT2D eigenvalue weighted by atomic mass is 35.5. The first-order chi connectivity index (χ1) is 9.15. The lowest BCUT2D eigenvalue weighted by molar-refractivity contribution is 0.0708. The highest BCUT2D eigenvalue weighted by Gasteiger charge is 2.22. The Morgan fingerprint density at radius 2 is 2.00 bits per heavy atom. The minimum absolute atomic E-state index is 0. The lowest BCUT2D eigenvalue weighted by atomic mass is 10.1. The third-order valence-electron chi connectivity index (χ3n) is 3.29. The first-order valence-electron chi connectivity index (χ1n) is 6.40. The Bertz CT molecular complexity index is 468. The zero-order chi connectivity index (χ0) is 13.8. The second-order valence-electron chi connectivity index (χ2n) is 4.68. The Hall–Kier alpha value is -1.46. The van der Waals surface area contributed by atoms with Gasteiger partial charge < -0.3 is 19.7 Å². The van der Waals surface area contributed by atoms with E-state index in [1.54, 1.807) is 32.4 Å². The number of nitrogens with zero attached hydrogens (tertiary/aromatic N) is 1. The fourth-order valence-corrected chi connectivity index (χ4v) is 2.27. The zero-order valence-electron chi connectivity index (χ0n) is 12.0. The topological polar surface area (TPSA) is 50.8 Å². The molecule has 1 heterocycles. The molecule has 20 heavy (non-hydrogen) atoms. The summed E-state index contributed by atoms with van der Waals surface area (Å²) < 4.78 is 10.4. The van der Waals surface area contributed by atoms with Crippen LogP contribution in [0.2, 0.25) is 0 Å².